The molecule has 8 nitrogen and oxygen atoms in total. The molecule has 0 radical (unpaired) electrons. The summed E-state index contributed by atoms with van der Waals surface area (Å²) >= 11 is 0. The molecule has 2 N–H and O–H groups in total. The zero-order valence-corrected chi connectivity index (χ0v) is 15.2. The van der Waals surface area contributed by atoms with Crippen molar-refractivity contribution in [3.63, 3.8) is 0 Å². The number of hydrogen-bond acceptors (Lipinski definition) is 6. The Hall–Kier alpha value is -2.42. The Morgan fingerprint density at radius 2 is 1.84 bits per heavy atom. The Labute approximate surface area is 146 Å². The Balaban J connectivity index is 2.63. The molecular weight excluding hydrogens is 348 g/mol. The van der Waals surface area contributed by atoms with Crippen LogP contribution in [0.1, 0.15) is 30.6 Å². The normalized spacial score (nSPS) is 12.1. The third kappa shape index (κ3) is 6.54. The van der Waals surface area contributed by atoms with Gasteiger partial charge in [0.15, 0.2) is 16.4 Å². The first kappa shape index (κ1) is 20.6. The smallest absolute Gasteiger partial charge is 0.339 e. The molecule has 1 aromatic rings. The fourth-order valence-electron chi connectivity index (χ4n) is 1.92. The van der Waals surface area contributed by atoms with Crippen LogP contribution in [-0.2, 0) is 24.2 Å². The number of carbonyl (C=O) groups excluding carboxylic acids is 3. The van der Waals surface area contributed by atoms with E-state index >= 15 is 0 Å². The van der Waals surface area contributed by atoms with Crippen molar-refractivity contribution in [1.29, 1.82) is 0 Å². The van der Waals surface area contributed by atoms with Gasteiger partial charge in [0.25, 0.3) is 5.91 Å². The lowest BCUT2D eigenvalue weighted by Crippen LogP contribution is -2.46. The van der Waals surface area contributed by atoms with E-state index in [4.69, 9.17) is 4.74 Å². The number of rotatable bonds is 8. The van der Waals surface area contributed by atoms with E-state index in [2.05, 4.69) is 10.6 Å². The van der Waals surface area contributed by atoms with Crippen LogP contribution in [0.3, 0.4) is 0 Å². The molecule has 0 fully saturated rings. The lowest BCUT2D eigenvalue weighted by Gasteiger charge is -2.14. The second-order valence-corrected chi connectivity index (χ2v) is 7.41. The summed E-state index contributed by atoms with van der Waals surface area (Å²) in [7, 11) is -3.61. The van der Waals surface area contributed by atoms with E-state index in [9.17, 15) is 22.8 Å². The summed E-state index contributed by atoms with van der Waals surface area (Å²) in [6.45, 7) is 3.28. The van der Waals surface area contributed by atoms with Crippen molar-refractivity contribution in [2.75, 3.05) is 19.4 Å². The molecule has 2 amide bonds. The summed E-state index contributed by atoms with van der Waals surface area (Å²) in [4.78, 5) is 35.3. The molecule has 0 aromatic heterocycles. The van der Waals surface area contributed by atoms with Gasteiger partial charge in [-0.3, -0.25) is 9.59 Å². The van der Waals surface area contributed by atoms with Crippen LogP contribution < -0.4 is 10.6 Å². The van der Waals surface area contributed by atoms with Crippen LogP contribution in [0, 0.1) is 0 Å². The predicted molar refractivity (Wildman–Crippen MR) is 90.7 cm³/mol. The minimum Gasteiger partial charge on any atom is -0.452 e. The third-order valence-corrected chi connectivity index (χ3v) is 4.32. The third-order valence-electron chi connectivity index (χ3n) is 3.16. The van der Waals surface area contributed by atoms with E-state index in [0.717, 1.165) is 12.7 Å². The maximum absolute atomic E-state index is 12.0. The van der Waals surface area contributed by atoms with Crippen molar-refractivity contribution in [3.8, 4) is 0 Å². The van der Waals surface area contributed by atoms with Crippen molar-refractivity contribution in [3.05, 3.63) is 29.8 Å². The summed E-state index contributed by atoms with van der Waals surface area (Å²) in [5.74, 6) is -1.94. The largest absolute Gasteiger partial charge is 0.452 e. The van der Waals surface area contributed by atoms with Gasteiger partial charge in [-0.1, -0.05) is 19.1 Å². The number of amides is 2. The Kier molecular flexibility index (Phi) is 7.56. The first-order valence-corrected chi connectivity index (χ1v) is 9.59. The van der Waals surface area contributed by atoms with Crippen LogP contribution in [0.4, 0.5) is 0 Å². The minimum absolute atomic E-state index is 0.147. The molecule has 0 bridgehead atoms. The highest BCUT2D eigenvalue weighted by Crippen LogP contribution is 2.16. The number of nitrogens with one attached hydrogen (secondary N) is 2. The molecule has 0 unspecified atom stereocenters. The number of ether oxygens (including phenoxy) is 1. The molecule has 1 rings (SSSR count). The van der Waals surface area contributed by atoms with Gasteiger partial charge in [-0.15, -0.1) is 0 Å². The molecule has 0 aliphatic rings. The molecule has 0 heterocycles. The molecule has 25 heavy (non-hydrogen) atoms. The van der Waals surface area contributed by atoms with Gasteiger partial charge in [-0.25, -0.2) is 13.2 Å². The Bertz CT molecular complexity index is 745. The van der Waals surface area contributed by atoms with E-state index < -0.39 is 34.4 Å². The minimum atomic E-state index is -3.61. The molecule has 0 saturated heterocycles. The Morgan fingerprint density at radius 1 is 1.20 bits per heavy atom. The monoisotopic (exact) mass is 370 g/mol. The molecule has 9 heteroatoms. The molecule has 0 aliphatic heterocycles. The maximum atomic E-state index is 12.0. The van der Waals surface area contributed by atoms with Gasteiger partial charge in [-0.05, 0) is 25.5 Å². The Morgan fingerprint density at radius 3 is 2.44 bits per heavy atom. The average molecular weight is 370 g/mol. The van der Waals surface area contributed by atoms with Crippen molar-refractivity contribution in [1.82, 2.24) is 10.6 Å². The fourth-order valence-corrected chi connectivity index (χ4v) is 2.79. The van der Waals surface area contributed by atoms with Gasteiger partial charge in [-0.2, -0.15) is 0 Å². The van der Waals surface area contributed by atoms with Crippen LogP contribution in [0.2, 0.25) is 0 Å². The number of hydrogen-bond donors (Lipinski definition) is 2. The van der Waals surface area contributed by atoms with Gasteiger partial charge in [0.1, 0.15) is 6.04 Å². The van der Waals surface area contributed by atoms with Gasteiger partial charge in [0, 0.05) is 12.8 Å². The average Bonchev–Trinajstić information content (AvgIpc) is 2.56. The van der Waals surface area contributed by atoms with Crippen LogP contribution in [0.15, 0.2) is 29.2 Å². The molecule has 0 aliphatic carbocycles. The summed E-state index contributed by atoms with van der Waals surface area (Å²) in [5.41, 5.74) is -0.147. The van der Waals surface area contributed by atoms with Crippen molar-refractivity contribution in [2.24, 2.45) is 0 Å². The van der Waals surface area contributed by atoms with Crippen LogP contribution in [0.5, 0.6) is 0 Å². The SMILES string of the molecule is CCCNC(=O)[C@@H](C)NC(=O)COC(=O)c1ccccc1S(C)(=O)=O. The van der Waals surface area contributed by atoms with E-state index in [-0.39, 0.29) is 16.4 Å². The standard InChI is InChI=1S/C16H22N2O6S/c1-4-9-17-15(20)11(2)18-14(19)10-24-16(21)12-7-5-6-8-13(12)25(3,22)23/h5-8,11H,4,9-10H2,1-3H3,(H,17,20)(H,18,19)/t11-/m1/s1. The van der Waals surface area contributed by atoms with Gasteiger partial charge in [0.2, 0.25) is 5.91 Å². The highest BCUT2D eigenvalue weighted by Gasteiger charge is 2.21. The summed E-state index contributed by atoms with van der Waals surface area (Å²) in [5, 5.41) is 5.02. The van der Waals surface area contributed by atoms with Gasteiger partial charge in [0.05, 0.1) is 10.5 Å². The topological polar surface area (TPSA) is 119 Å². The molecule has 0 spiro atoms. The van der Waals surface area contributed by atoms with E-state index in [1.165, 1.54) is 31.2 Å². The zero-order chi connectivity index (χ0) is 19.0. The predicted octanol–water partition coefficient (Wildman–Crippen LogP) is 0.278. The summed E-state index contributed by atoms with van der Waals surface area (Å²) in [6.07, 6.45) is 1.74. The number of sulfone groups is 1. The molecule has 0 saturated carbocycles. The van der Waals surface area contributed by atoms with Crippen LogP contribution in [0.25, 0.3) is 0 Å². The van der Waals surface area contributed by atoms with E-state index in [0.29, 0.717) is 6.54 Å². The molecule has 1 atom stereocenters. The quantitative estimate of drug-likeness (QED) is 0.635. The lowest BCUT2D eigenvalue weighted by atomic mass is 10.2. The zero-order valence-electron chi connectivity index (χ0n) is 14.4. The number of carbonyl (C=O) groups is 3. The van der Waals surface area contributed by atoms with Gasteiger partial charge >= 0.3 is 5.97 Å². The van der Waals surface area contributed by atoms with Crippen LogP contribution in [-0.4, -0.2) is 51.7 Å². The first-order valence-electron chi connectivity index (χ1n) is 7.70. The van der Waals surface area contributed by atoms with Crippen molar-refractivity contribution < 1.29 is 27.5 Å². The highest BCUT2D eigenvalue weighted by atomic mass is 32.2. The van der Waals surface area contributed by atoms with E-state index in [1.54, 1.807) is 0 Å². The summed E-state index contributed by atoms with van der Waals surface area (Å²) in [6, 6.07) is 4.78. The first-order chi connectivity index (χ1) is 11.7. The van der Waals surface area contributed by atoms with Crippen molar-refractivity contribution >= 4 is 27.6 Å². The fraction of sp³-hybridized carbons (Fsp3) is 0.438. The molecule has 138 valence electrons. The summed E-state index contributed by atoms with van der Waals surface area (Å²) < 4.78 is 28.2. The van der Waals surface area contributed by atoms with Crippen LogP contribution >= 0.6 is 0 Å². The number of esters is 1. The van der Waals surface area contributed by atoms with E-state index in [1.807, 2.05) is 6.92 Å². The molecule has 1 aromatic carbocycles. The van der Waals surface area contributed by atoms with Crippen molar-refractivity contribution in [2.45, 2.75) is 31.2 Å². The molecular formula is C16H22N2O6S. The lowest BCUT2D eigenvalue weighted by molar-refractivity contribution is -0.130. The van der Waals surface area contributed by atoms with Gasteiger partial charge < -0.3 is 15.4 Å². The second kappa shape index (κ2) is 9.16. The maximum Gasteiger partial charge on any atom is 0.339 e. The highest BCUT2D eigenvalue weighted by molar-refractivity contribution is 7.90. The second-order valence-electron chi connectivity index (χ2n) is 5.42. The number of benzene rings is 1.